The normalized spacial score (nSPS) is 33.9. The fourth-order valence-electron chi connectivity index (χ4n) is 2.85. The molecule has 2 nitrogen and oxygen atoms in total. The van der Waals surface area contributed by atoms with Crippen molar-refractivity contribution < 1.29 is 0 Å². The molecular formula is C12H21ClN2. The van der Waals surface area contributed by atoms with Crippen molar-refractivity contribution in [3.8, 4) is 0 Å². The van der Waals surface area contributed by atoms with Crippen LogP contribution < -0.4 is 5.32 Å². The largest absolute Gasteiger partial charge is 0.314 e. The number of nitrogens with one attached hydrogen (secondary N) is 1. The van der Waals surface area contributed by atoms with Crippen molar-refractivity contribution in [1.82, 2.24) is 10.2 Å². The second-order valence-electron chi connectivity index (χ2n) is 4.94. The Labute approximate surface area is 97.7 Å². The lowest BCUT2D eigenvalue weighted by Gasteiger charge is -2.41. The Morgan fingerprint density at radius 2 is 2.40 bits per heavy atom. The monoisotopic (exact) mass is 228 g/mol. The summed E-state index contributed by atoms with van der Waals surface area (Å²) in [6.07, 6.45) is 4.05. The summed E-state index contributed by atoms with van der Waals surface area (Å²) in [4.78, 5) is 2.54. The number of rotatable bonds is 2. The van der Waals surface area contributed by atoms with Gasteiger partial charge in [0.25, 0.3) is 0 Å². The molecule has 0 aromatic heterocycles. The van der Waals surface area contributed by atoms with E-state index in [0.717, 1.165) is 18.5 Å². The summed E-state index contributed by atoms with van der Waals surface area (Å²) in [7, 11) is 0. The van der Waals surface area contributed by atoms with Gasteiger partial charge in [-0.1, -0.05) is 11.6 Å². The third-order valence-corrected chi connectivity index (χ3v) is 4.01. The van der Waals surface area contributed by atoms with Crippen LogP contribution >= 0.6 is 11.6 Å². The summed E-state index contributed by atoms with van der Waals surface area (Å²) in [6, 6.07) is 0.787. The van der Waals surface area contributed by atoms with Crippen molar-refractivity contribution in [3.05, 3.63) is 11.1 Å². The molecule has 1 N–H and O–H groups in total. The zero-order chi connectivity index (χ0) is 10.7. The van der Waals surface area contributed by atoms with Gasteiger partial charge < -0.3 is 5.32 Å². The van der Waals surface area contributed by atoms with E-state index in [1.165, 1.54) is 44.5 Å². The van der Waals surface area contributed by atoms with Gasteiger partial charge in [-0.15, -0.1) is 0 Å². The number of piperidine rings is 2. The molecule has 2 aliphatic heterocycles. The number of fused-ring (bicyclic) bond motifs is 1. The van der Waals surface area contributed by atoms with Crippen LogP contribution in [0.5, 0.6) is 0 Å². The van der Waals surface area contributed by atoms with Crippen molar-refractivity contribution >= 4 is 11.6 Å². The maximum atomic E-state index is 5.71. The van der Waals surface area contributed by atoms with E-state index in [2.05, 4.69) is 17.1 Å². The highest BCUT2D eigenvalue weighted by Gasteiger charge is 2.30. The fraction of sp³-hybridized carbons (Fsp3) is 0.833. The van der Waals surface area contributed by atoms with E-state index < -0.39 is 0 Å². The summed E-state index contributed by atoms with van der Waals surface area (Å²) < 4.78 is 0. The Morgan fingerprint density at radius 1 is 1.53 bits per heavy atom. The smallest absolute Gasteiger partial charge is 0.0202 e. The number of halogens is 1. The zero-order valence-corrected chi connectivity index (χ0v) is 10.3. The van der Waals surface area contributed by atoms with Gasteiger partial charge in [-0.2, -0.15) is 0 Å². The lowest BCUT2D eigenvalue weighted by molar-refractivity contribution is 0.122. The van der Waals surface area contributed by atoms with Crippen molar-refractivity contribution in [3.63, 3.8) is 0 Å². The second-order valence-corrected chi connectivity index (χ2v) is 5.16. The van der Waals surface area contributed by atoms with Crippen LogP contribution in [-0.2, 0) is 0 Å². The molecule has 0 amide bonds. The van der Waals surface area contributed by atoms with Crippen molar-refractivity contribution in [1.29, 1.82) is 0 Å². The molecule has 0 aromatic rings. The highest BCUT2D eigenvalue weighted by atomic mass is 35.5. The molecule has 0 bridgehead atoms. The van der Waals surface area contributed by atoms with Crippen LogP contribution in [0.2, 0.25) is 0 Å². The minimum Gasteiger partial charge on any atom is -0.314 e. The van der Waals surface area contributed by atoms with Crippen LogP contribution in [0.15, 0.2) is 11.1 Å². The molecule has 3 heteroatoms. The van der Waals surface area contributed by atoms with E-state index in [9.17, 15) is 0 Å². The molecule has 2 saturated heterocycles. The van der Waals surface area contributed by atoms with Crippen LogP contribution in [0.25, 0.3) is 0 Å². The highest BCUT2D eigenvalue weighted by molar-refractivity contribution is 6.25. The quantitative estimate of drug-likeness (QED) is 0.780. The Bertz CT molecular complexity index is 240. The number of hydrogen-bond donors (Lipinski definition) is 1. The summed E-state index contributed by atoms with van der Waals surface area (Å²) in [5.41, 5.74) is 2.99. The van der Waals surface area contributed by atoms with Crippen molar-refractivity contribution in [2.75, 3.05) is 26.2 Å². The van der Waals surface area contributed by atoms with Gasteiger partial charge in [-0.05, 0) is 50.8 Å². The first-order valence-corrected chi connectivity index (χ1v) is 6.45. The van der Waals surface area contributed by atoms with Gasteiger partial charge in [0.15, 0.2) is 0 Å². The van der Waals surface area contributed by atoms with Crippen molar-refractivity contribution in [2.45, 2.75) is 32.2 Å². The third kappa shape index (κ3) is 2.96. The first-order chi connectivity index (χ1) is 7.29. The second kappa shape index (κ2) is 5.33. The lowest BCUT2D eigenvalue weighted by atomic mass is 9.85. The van der Waals surface area contributed by atoms with Crippen molar-refractivity contribution in [2.24, 2.45) is 5.92 Å². The van der Waals surface area contributed by atoms with Crippen LogP contribution in [-0.4, -0.2) is 37.1 Å². The Hall–Kier alpha value is -0.0500. The molecule has 2 rings (SSSR count). The van der Waals surface area contributed by atoms with Crippen LogP contribution in [0.4, 0.5) is 0 Å². The standard InChI is InChI=1S/C12H21ClN2/c1-10(7-13)8-15-6-4-12-11(9-15)3-2-5-14-12/h7,11-12,14H,2-6,8-9H2,1H3. The fourth-order valence-corrected chi connectivity index (χ4v) is 2.92. The highest BCUT2D eigenvalue weighted by Crippen LogP contribution is 2.25. The van der Waals surface area contributed by atoms with Gasteiger partial charge in [0, 0.05) is 24.7 Å². The minimum atomic E-state index is 0.787. The van der Waals surface area contributed by atoms with Crippen LogP contribution in [0.3, 0.4) is 0 Å². The van der Waals surface area contributed by atoms with Gasteiger partial charge in [0.2, 0.25) is 0 Å². The maximum absolute atomic E-state index is 5.71. The Balaban J connectivity index is 1.85. The number of likely N-dealkylation sites (tertiary alicyclic amines) is 1. The summed E-state index contributed by atoms with van der Waals surface area (Å²) in [6.45, 7) is 6.85. The molecule has 0 spiro atoms. The molecule has 2 unspecified atom stereocenters. The van der Waals surface area contributed by atoms with E-state index in [4.69, 9.17) is 11.6 Å². The molecule has 2 heterocycles. The number of hydrogen-bond acceptors (Lipinski definition) is 2. The molecule has 2 aliphatic rings. The Morgan fingerprint density at radius 3 is 3.20 bits per heavy atom. The Kier molecular flexibility index (Phi) is 4.06. The van der Waals surface area contributed by atoms with E-state index in [0.29, 0.717) is 0 Å². The minimum absolute atomic E-state index is 0.787. The molecular weight excluding hydrogens is 208 g/mol. The first kappa shape index (κ1) is 11.4. The first-order valence-electron chi connectivity index (χ1n) is 6.01. The van der Waals surface area contributed by atoms with Gasteiger partial charge in [-0.25, -0.2) is 0 Å². The molecule has 0 radical (unpaired) electrons. The maximum Gasteiger partial charge on any atom is 0.0202 e. The zero-order valence-electron chi connectivity index (χ0n) is 9.51. The topological polar surface area (TPSA) is 15.3 Å². The SMILES string of the molecule is CC(=CCl)CN1CCC2NCCCC2C1. The molecule has 0 aliphatic carbocycles. The molecule has 0 aromatic carbocycles. The lowest BCUT2D eigenvalue weighted by Crippen LogP contribution is -2.52. The summed E-state index contributed by atoms with van der Waals surface area (Å²) in [5.74, 6) is 0.871. The molecule has 86 valence electrons. The molecule has 0 saturated carbocycles. The average molecular weight is 229 g/mol. The summed E-state index contributed by atoms with van der Waals surface area (Å²) >= 11 is 5.71. The van der Waals surface area contributed by atoms with Gasteiger partial charge in [0.05, 0.1) is 0 Å². The van der Waals surface area contributed by atoms with E-state index in [1.54, 1.807) is 5.54 Å². The predicted octanol–water partition coefficient (Wildman–Crippen LogP) is 2.20. The average Bonchev–Trinajstić information content (AvgIpc) is 2.29. The van der Waals surface area contributed by atoms with Crippen LogP contribution in [0.1, 0.15) is 26.2 Å². The molecule has 2 fully saturated rings. The van der Waals surface area contributed by atoms with Gasteiger partial charge in [0.1, 0.15) is 0 Å². The van der Waals surface area contributed by atoms with E-state index in [1.807, 2.05) is 0 Å². The predicted molar refractivity (Wildman–Crippen MR) is 65.2 cm³/mol. The van der Waals surface area contributed by atoms with Gasteiger partial charge >= 0.3 is 0 Å². The molecule has 15 heavy (non-hydrogen) atoms. The van der Waals surface area contributed by atoms with Gasteiger partial charge in [-0.3, -0.25) is 4.90 Å². The van der Waals surface area contributed by atoms with E-state index in [-0.39, 0.29) is 0 Å². The van der Waals surface area contributed by atoms with E-state index >= 15 is 0 Å². The molecule has 2 atom stereocenters. The van der Waals surface area contributed by atoms with Crippen LogP contribution in [0, 0.1) is 5.92 Å². The third-order valence-electron chi connectivity index (χ3n) is 3.64. The summed E-state index contributed by atoms with van der Waals surface area (Å²) in [5, 5.41) is 3.64. The number of nitrogens with zero attached hydrogens (tertiary/aromatic N) is 1.